The third-order valence-electron chi connectivity index (χ3n) is 3.20. The number of carbonyl (C=O) groups excluding carboxylic acids is 1. The van der Waals surface area contributed by atoms with Crippen LogP contribution in [0, 0.1) is 27.7 Å². The molecule has 3 N–H and O–H groups in total. The SMILES string of the molecule is Cc1nnc(NC(=O)c2c(C)[nH]c(C(=O)O)c2C)nc1C. The van der Waals surface area contributed by atoms with E-state index in [-0.39, 0.29) is 17.2 Å². The van der Waals surface area contributed by atoms with Crippen molar-refractivity contribution in [2.75, 3.05) is 5.32 Å². The molecule has 21 heavy (non-hydrogen) atoms. The van der Waals surface area contributed by atoms with Crippen molar-refractivity contribution in [3.8, 4) is 0 Å². The van der Waals surface area contributed by atoms with Crippen LogP contribution < -0.4 is 5.32 Å². The molecule has 0 unspecified atom stereocenters. The van der Waals surface area contributed by atoms with Crippen LogP contribution in [0.1, 0.15) is 43.5 Å². The summed E-state index contributed by atoms with van der Waals surface area (Å²) in [5.74, 6) is -1.50. The molecule has 8 heteroatoms. The van der Waals surface area contributed by atoms with Gasteiger partial charge < -0.3 is 10.1 Å². The van der Waals surface area contributed by atoms with Crippen molar-refractivity contribution in [2.45, 2.75) is 27.7 Å². The van der Waals surface area contributed by atoms with Gasteiger partial charge in [0.15, 0.2) is 0 Å². The fraction of sp³-hybridized carbons (Fsp3) is 0.308. The molecule has 2 aromatic rings. The van der Waals surface area contributed by atoms with E-state index < -0.39 is 11.9 Å². The van der Waals surface area contributed by atoms with Crippen LogP contribution in [0.2, 0.25) is 0 Å². The first-order valence-electron chi connectivity index (χ1n) is 6.23. The number of aromatic carboxylic acids is 1. The zero-order valence-electron chi connectivity index (χ0n) is 12.1. The standard InChI is InChI=1S/C13H15N5O3/c1-5-9(8(4)14-10(5)12(20)21)11(19)16-13-15-6(2)7(3)17-18-13/h14H,1-4H3,(H,20,21)(H,15,16,18,19). The van der Waals surface area contributed by atoms with Crippen LogP contribution in [0.5, 0.6) is 0 Å². The van der Waals surface area contributed by atoms with Crippen molar-refractivity contribution in [1.29, 1.82) is 0 Å². The van der Waals surface area contributed by atoms with Crippen LogP contribution in [-0.4, -0.2) is 37.1 Å². The molecule has 0 aliphatic heterocycles. The van der Waals surface area contributed by atoms with Gasteiger partial charge in [-0.15, -0.1) is 5.10 Å². The van der Waals surface area contributed by atoms with Gasteiger partial charge >= 0.3 is 5.97 Å². The highest BCUT2D eigenvalue weighted by atomic mass is 16.4. The number of anilines is 1. The Labute approximate surface area is 120 Å². The number of hydrogen-bond donors (Lipinski definition) is 3. The number of carboxylic acids is 1. The third-order valence-corrected chi connectivity index (χ3v) is 3.20. The minimum atomic E-state index is -1.11. The van der Waals surface area contributed by atoms with Crippen LogP contribution in [-0.2, 0) is 0 Å². The summed E-state index contributed by atoms with van der Waals surface area (Å²) in [6, 6.07) is 0. The lowest BCUT2D eigenvalue weighted by Gasteiger charge is -2.05. The molecule has 2 aromatic heterocycles. The molecular formula is C13H15N5O3. The van der Waals surface area contributed by atoms with Crippen LogP contribution in [0.25, 0.3) is 0 Å². The number of aromatic nitrogens is 4. The fourth-order valence-corrected chi connectivity index (χ4v) is 1.98. The Morgan fingerprint density at radius 2 is 1.76 bits per heavy atom. The molecule has 2 rings (SSSR count). The van der Waals surface area contributed by atoms with Gasteiger partial charge in [0.05, 0.1) is 17.0 Å². The van der Waals surface area contributed by atoms with Crippen molar-refractivity contribution in [2.24, 2.45) is 0 Å². The molecule has 8 nitrogen and oxygen atoms in total. The Morgan fingerprint density at radius 3 is 2.29 bits per heavy atom. The molecule has 1 amide bonds. The number of rotatable bonds is 3. The highest BCUT2D eigenvalue weighted by Crippen LogP contribution is 2.19. The molecule has 110 valence electrons. The minimum absolute atomic E-state index is 0.00298. The van der Waals surface area contributed by atoms with Gasteiger partial charge in [0.25, 0.3) is 5.91 Å². The van der Waals surface area contributed by atoms with Gasteiger partial charge in [-0.2, -0.15) is 5.10 Å². The third kappa shape index (κ3) is 2.73. The van der Waals surface area contributed by atoms with Crippen LogP contribution in [0.4, 0.5) is 5.95 Å². The maximum atomic E-state index is 12.3. The van der Waals surface area contributed by atoms with E-state index in [1.165, 1.54) is 0 Å². The van der Waals surface area contributed by atoms with Crippen LogP contribution >= 0.6 is 0 Å². The largest absolute Gasteiger partial charge is 0.477 e. The number of hydrogen-bond acceptors (Lipinski definition) is 5. The number of nitrogens with one attached hydrogen (secondary N) is 2. The first-order chi connectivity index (χ1) is 9.81. The number of nitrogens with zero attached hydrogens (tertiary/aromatic N) is 3. The second kappa shape index (κ2) is 5.31. The average Bonchev–Trinajstić information content (AvgIpc) is 2.69. The molecule has 0 saturated heterocycles. The van der Waals surface area contributed by atoms with Crippen molar-refractivity contribution in [3.63, 3.8) is 0 Å². The smallest absolute Gasteiger partial charge is 0.352 e. The zero-order valence-corrected chi connectivity index (χ0v) is 12.1. The summed E-state index contributed by atoms with van der Waals surface area (Å²) in [5, 5.41) is 19.2. The summed E-state index contributed by atoms with van der Waals surface area (Å²) in [6.45, 7) is 6.73. The molecule has 0 aliphatic carbocycles. The highest BCUT2D eigenvalue weighted by molar-refractivity contribution is 6.07. The number of aromatic amines is 1. The fourth-order valence-electron chi connectivity index (χ4n) is 1.98. The summed E-state index contributed by atoms with van der Waals surface area (Å²) < 4.78 is 0. The molecule has 2 heterocycles. The first-order valence-corrected chi connectivity index (χ1v) is 6.23. The van der Waals surface area contributed by atoms with Gasteiger partial charge in [-0.1, -0.05) is 0 Å². The summed E-state index contributed by atoms with van der Waals surface area (Å²) in [4.78, 5) is 30.1. The van der Waals surface area contributed by atoms with Crippen molar-refractivity contribution in [1.82, 2.24) is 20.2 Å². The van der Waals surface area contributed by atoms with Gasteiger partial charge in [-0.05, 0) is 33.3 Å². The second-order valence-corrected chi connectivity index (χ2v) is 4.69. The predicted octanol–water partition coefficient (Wildman–Crippen LogP) is 1.38. The Balaban J connectivity index is 2.32. The number of carboxylic acid groups (broad SMARTS) is 1. The summed E-state index contributed by atoms with van der Waals surface area (Å²) in [7, 11) is 0. The maximum Gasteiger partial charge on any atom is 0.352 e. The molecule has 0 saturated carbocycles. The molecule has 0 atom stereocenters. The predicted molar refractivity (Wildman–Crippen MR) is 74.5 cm³/mol. The van der Waals surface area contributed by atoms with E-state index in [2.05, 4.69) is 25.5 Å². The molecule has 0 aliphatic rings. The molecule has 0 bridgehead atoms. The van der Waals surface area contributed by atoms with Crippen molar-refractivity contribution >= 4 is 17.8 Å². The normalized spacial score (nSPS) is 10.5. The number of amides is 1. The van der Waals surface area contributed by atoms with E-state index in [4.69, 9.17) is 5.11 Å². The molecular weight excluding hydrogens is 274 g/mol. The topological polar surface area (TPSA) is 121 Å². The van der Waals surface area contributed by atoms with Crippen LogP contribution in [0.3, 0.4) is 0 Å². The minimum Gasteiger partial charge on any atom is -0.477 e. The number of aryl methyl sites for hydroxylation is 3. The van der Waals surface area contributed by atoms with E-state index in [0.29, 0.717) is 22.6 Å². The van der Waals surface area contributed by atoms with Crippen LogP contribution in [0.15, 0.2) is 0 Å². The number of carbonyl (C=O) groups is 2. The van der Waals surface area contributed by atoms with Gasteiger partial charge in [0, 0.05) is 5.69 Å². The summed E-state index contributed by atoms with van der Waals surface area (Å²) in [5.41, 5.74) is 2.45. The lowest BCUT2D eigenvalue weighted by Crippen LogP contribution is -2.17. The Hall–Kier alpha value is -2.77. The Morgan fingerprint density at radius 1 is 1.10 bits per heavy atom. The van der Waals surface area contributed by atoms with E-state index >= 15 is 0 Å². The van der Waals surface area contributed by atoms with E-state index in [0.717, 1.165) is 0 Å². The van der Waals surface area contributed by atoms with E-state index in [9.17, 15) is 9.59 Å². The van der Waals surface area contributed by atoms with Gasteiger partial charge in [-0.25, -0.2) is 9.78 Å². The molecule has 0 radical (unpaired) electrons. The summed E-state index contributed by atoms with van der Waals surface area (Å²) >= 11 is 0. The van der Waals surface area contributed by atoms with E-state index in [1.807, 2.05) is 0 Å². The van der Waals surface area contributed by atoms with Crippen molar-refractivity contribution < 1.29 is 14.7 Å². The molecule has 0 spiro atoms. The zero-order chi connectivity index (χ0) is 15.7. The molecule has 0 fully saturated rings. The monoisotopic (exact) mass is 289 g/mol. The van der Waals surface area contributed by atoms with Crippen molar-refractivity contribution in [3.05, 3.63) is 33.9 Å². The van der Waals surface area contributed by atoms with Gasteiger partial charge in [0.1, 0.15) is 5.69 Å². The lowest BCUT2D eigenvalue weighted by atomic mass is 10.1. The quantitative estimate of drug-likeness (QED) is 0.785. The highest BCUT2D eigenvalue weighted by Gasteiger charge is 2.22. The van der Waals surface area contributed by atoms with Gasteiger partial charge in [-0.3, -0.25) is 10.1 Å². The second-order valence-electron chi connectivity index (χ2n) is 4.69. The molecule has 0 aromatic carbocycles. The average molecular weight is 289 g/mol. The summed E-state index contributed by atoms with van der Waals surface area (Å²) in [6.07, 6.45) is 0. The maximum absolute atomic E-state index is 12.3. The number of H-pyrrole nitrogens is 1. The lowest BCUT2D eigenvalue weighted by molar-refractivity contribution is 0.0690. The first kappa shape index (κ1) is 14.6. The Bertz CT molecular complexity index is 736. The van der Waals surface area contributed by atoms with Gasteiger partial charge in [0.2, 0.25) is 5.95 Å². The van der Waals surface area contributed by atoms with E-state index in [1.54, 1.807) is 27.7 Å². The Kier molecular flexibility index (Phi) is 3.70.